The highest BCUT2D eigenvalue weighted by molar-refractivity contribution is 6.31. The maximum atomic E-state index is 12.5. The number of halogens is 1. The molecule has 0 unspecified atom stereocenters. The summed E-state index contributed by atoms with van der Waals surface area (Å²) in [4.78, 5) is 25.0. The van der Waals surface area contributed by atoms with Crippen molar-refractivity contribution in [2.75, 3.05) is 0 Å². The van der Waals surface area contributed by atoms with E-state index < -0.39 is 6.04 Å². The number of amides is 2. The Morgan fingerprint density at radius 1 is 1.08 bits per heavy atom. The average molecular weight is 359 g/mol. The molecule has 2 aromatic rings. The number of benzene rings is 2. The van der Waals surface area contributed by atoms with E-state index in [0.717, 1.165) is 11.1 Å². The second-order valence-corrected chi connectivity index (χ2v) is 6.78. The Kier molecular flexibility index (Phi) is 6.59. The summed E-state index contributed by atoms with van der Waals surface area (Å²) in [6, 6.07) is 14.0. The molecular weight excluding hydrogens is 336 g/mol. The summed E-state index contributed by atoms with van der Waals surface area (Å²) in [7, 11) is 0. The van der Waals surface area contributed by atoms with Crippen LogP contribution in [0.4, 0.5) is 0 Å². The molecule has 4 nitrogen and oxygen atoms in total. The molecule has 0 heterocycles. The van der Waals surface area contributed by atoms with Crippen LogP contribution in [-0.2, 0) is 11.3 Å². The predicted octanol–water partition coefficient (Wildman–Crippen LogP) is 3.72. The van der Waals surface area contributed by atoms with Crippen LogP contribution in [0.2, 0.25) is 5.02 Å². The Balaban J connectivity index is 2.03. The maximum absolute atomic E-state index is 12.5. The summed E-state index contributed by atoms with van der Waals surface area (Å²) in [5.74, 6) is -0.522. The van der Waals surface area contributed by atoms with Crippen LogP contribution in [0.15, 0.2) is 48.5 Å². The highest BCUT2D eigenvalue weighted by atomic mass is 35.5. The zero-order valence-electron chi connectivity index (χ0n) is 14.7. The Morgan fingerprint density at radius 3 is 2.44 bits per heavy atom. The van der Waals surface area contributed by atoms with Crippen molar-refractivity contribution >= 4 is 23.4 Å². The van der Waals surface area contributed by atoms with Crippen LogP contribution < -0.4 is 10.6 Å². The van der Waals surface area contributed by atoms with Crippen LogP contribution in [0.25, 0.3) is 0 Å². The van der Waals surface area contributed by atoms with Crippen molar-refractivity contribution in [2.45, 2.75) is 33.4 Å². The van der Waals surface area contributed by atoms with Crippen molar-refractivity contribution in [3.8, 4) is 0 Å². The van der Waals surface area contributed by atoms with Crippen molar-refractivity contribution in [1.29, 1.82) is 0 Å². The normalized spacial score (nSPS) is 11.9. The molecule has 0 bridgehead atoms. The van der Waals surface area contributed by atoms with Crippen LogP contribution in [0.5, 0.6) is 0 Å². The van der Waals surface area contributed by atoms with Crippen LogP contribution >= 0.6 is 11.6 Å². The first-order chi connectivity index (χ1) is 11.9. The number of carbonyl (C=O) groups excluding carboxylic acids is 2. The molecule has 5 heteroatoms. The van der Waals surface area contributed by atoms with Gasteiger partial charge in [-0.1, -0.05) is 61.3 Å². The quantitative estimate of drug-likeness (QED) is 0.826. The van der Waals surface area contributed by atoms with Gasteiger partial charge in [0.15, 0.2) is 0 Å². The van der Waals surface area contributed by atoms with E-state index in [9.17, 15) is 9.59 Å². The topological polar surface area (TPSA) is 58.2 Å². The number of hydrogen-bond acceptors (Lipinski definition) is 2. The second kappa shape index (κ2) is 8.67. The molecule has 1 atom stereocenters. The van der Waals surface area contributed by atoms with Crippen molar-refractivity contribution in [1.82, 2.24) is 10.6 Å². The van der Waals surface area contributed by atoms with Crippen LogP contribution in [0.3, 0.4) is 0 Å². The lowest BCUT2D eigenvalue weighted by Crippen LogP contribution is -2.49. The SMILES string of the molecule is Cc1cccc(C(=O)N[C@H](C(=O)NCc2ccccc2Cl)C(C)C)c1. The molecule has 2 rings (SSSR count). The van der Waals surface area contributed by atoms with Crippen LogP contribution in [0.1, 0.15) is 35.3 Å². The fourth-order valence-electron chi connectivity index (χ4n) is 2.48. The van der Waals surface area contributed by atoms with Crippen LogP contribution in [0, 0.1) is 12.8 Å². The van der Waals surface area contributed by atoms with E-state index in [1.165, 1.54) is 0 Å². The third kappa shape index (κ3) is 5.33. The minimum Gasteiger partial charge on any atom is -0.350 e. The van der Waals surface area contributed by atoms with Crippen molar-refractivity contribution in [3.05, 3.63) is 70.2 Å². The lowest BCUT2D eigenvalue weighted by Gasteiger charge is -2.22. The largest absolute Gasteiger partial charge is 0.350 e. The van der Waals surface area contributed by atoms with Gasteiger partial charge in [-0.15, -0.1) is 0 Å². The summed E-state index contributed by atoms with van der Waals surface area (Å²) in [6.07, 6.45) is 0. The first kappa shape index (κ1) is 19.0. The molecular formula is C20H23ClN2O2. The lowest BCUT2D eigenvalue weighted by atomic mass is 10.0. The summed E-state index contributed by atoms with van der Waals surface area (Å²) >= 11 is 6.11. The van der Waals surface area contributed by atoms with Gasteiger partial charge in [-0.25, -0.2) is 0 Å². The van der Waals surface area contributed by atoms with Gasteiger partial charge in [-0.3, -0.25) is 9.59 Å². The van der Waals surface area contributed by atoms with Gasteiger partial charge in [0.2, 0.25) is 5.91 Å². The van der Waals surface area contributed by atoms with Gasteiger partial charge in [-0.2, -0.15) is 0 Å². The van der Waals surface area contributed by atoms with Crippen molar-refractivity contribution in [2.24, 2.45) is 5.92 Å². The van der Waals surface area contributed by atoms with E-state index in [-0.39, 0.29) is 17.7 Å². The third-order valence-corrected chi connectivity index (χ3v) is 4.30. The fraction of sp³-hybridized carbons (Fsp3) is 0.300. The molecule has 132 valence electrons. The van der Waals surface area contributed by atoms with Gasteiger partial charge in [0, 0.05) is 17.1 Å². The Labute approximate surface area is 153 Å². The van der Waals surface area contributed by atoms with Gasteiger partial charge in [-0.05, 0) is 36.6 Å². The Bertz CT molecular complexity index is 759. The minimum atomic E-state index is -0.615. The highest BCUT2D eigenvalue weighted by Crippen LogP contribution is 2.14. The number of carbonyl (C=O) groups is 2. The van der Waals surface area contributed by atoms with Gasteiger partial charge in [0.1, 0.15) is 6.04 Å². The third-order valence-electron chi connectivity index (χ3n) is 3.93. The first-order valence-corrected chi connectivity index (χ1v) is 8.65. The zero-order chi connectivity index (χ0) is 18.4. The van der Waals surface area contributed by atoms with E-state index in [0.29, 0.717) is 17.1 Å². The predicted molar refractivity (Wildman–Crippen MR) is 101 cm³/mol. The molecule has 0 fully saturated rings. The van der Waals surface area contributed by atoms with E-state index in [1.54, 1.807) is 18.2 Å². The average Bonchev–Trinajstić information content (AvgIpc) is 2.58. The van der Waals surface area contributed by atoms with E-state index in [1.807, 2.05) is 51.1 Å². The minimum absolute atomic E-state index is 0.0417. The molecule has 2 amide bonds. The Morgan fingerprint density at radius 2 is 1.80 bits per heavy atom. The summed E-state index contributed by atoms with van der Waals surface area (Å²) in [5.41, 5.74) is 2.38. The molecule has 25 heavy (non-hydrogen) atoms. The molecule has 0 aliphatic rings. The molecule has 0 aliphatic heterocycles. The molecule has 0 aliphatic carbocycles. The smallest absolute Gasteiger partial charge is 0.251 e. The summed E-state index contributed by atoms with van der Waals surface area (Å²) in [5, 5.41) is 6.28. The molecule has 2 aromatic carbocycles. The molecule has 0 saturated heterocycles. The van der Waals surface area contributed by atoms with Gasteiger partial charge in [0.05, 0.1) is 0 Å². The number of nitrogens with one attached hydrogen (secondary N) is 2. The van der Waals surface area contributed by atoms with Crippen molar-refractivity contribution < 1.29 is 9.59 Å². The summed E-state index contributed by atoms with van der Waals surface area (Å²) in [6.45, 7) is 6.04. The monoisotopic (exact) mass is 358 g/mol. The standard InChI is InChI=1S/C20H23ClN2O2/c1-13(2)18(23-19(24)15-9-6-7-14(3)11-15)20(25)22-12-16-8-4-5-10-17(16)21/h4-11,13,18H,12H2,1-3H3,(H,22,25)(H,23,24)/t18-/m0/s1. The van der Waals surface area contributed by atoms with E-state index >= 15 is 0 Å². The molecule has 2 N–H and O–H groups in total. The maximum Gasteiger partial charge on any atom is 0.251 e. The second-order valence-electron chi connectivity index (χ2n) is 6.37. The van der Waals surface area contributed by atoms with Gasteiger partial charge in [0.25, 0.3) is 5.91 Å². The number of rotatable bonds is 6. The molecule has 0 radical (unpaired) electrons. The highest BCUT2D eigenvalue weighted by Gasteiger charge is 2.24. The van der Waals surface area contributed by atoms with E-state index in [4.69, 9.17) is 11.6 Å². The molecule has 0 aromatic heterocycles. The lowest BCUT2D eigenvalue weighted by molar-refractivity contribution is -0.124. The summed E-state index contributed by atoms with van der Waals surface area (Å²) < 4.78 is 0. The number of aryl methyl sites for hydroxylation is 1. The van der Waals surface area contributed by atoms with Crippen molar-refractivity contribution in [3.63, 3.8) is 0 Å². The van der Waals surface area contributed by atoms with Gasteiger partial charge < -0.3 is 10.6 Å². The van der Waals surface area contributed by atoms with Gasteiger partial charge >= 0.3 is 0 Å². The molecule has 0 saturated carbocycles. The zero-order valence-corrected chi connectivity index (χ0v) is 15.4. The fourth-order valence-corrected chi connectivity index (χ4v) is 2.68. The molecule has 0 spiro atoms. The Hall–Kier alpha value is -2.33. The van der Waals surface area contributed by atoms with E-state index in [2.05, 4.69) is 10.6 Å². The van der Waals surface area contributed by atoms with Crippen LogP contribution in [-0.4, -0.2) is 17.9 Å². The number of hydrogen-bond donors (Lipinski definition) is 2. The first-order valence-electron chi connectivity index (χ1n) is 8.27.